The standard InChI is InChI=1S/C17H23NO4/c1-5-14(19)6-7-15(17(21)22-4)18-16(20)13-9-11(2)8-12(3)10-13/h8-10,15H,5-7H2,1-4H3,(H,18,20)/t15-/m1/s1. The van der Waals surface area contributed by atoms with Crippen molar-refractivity contribution in [1.82, 2.24) is 5.32 Å². The van der Waals surface area contributed by atoms with Crippen molar-refractivity contribution in [2.45, 2.75) is 46.1 Å². The first kappa shape index (κ1) is 17.9. The molecule has 5 nitrogen and oxygen atoms in total. The number of Topliss-reactive ketones (excluding diaryl/α,β-unsaturated/α-hetero) is 1. The molecule has 5 heteroatoms. The SMILES string of the molecule is CCC(=O)CC[C@@H](NC(=O)c1cc(C)cc(C)c1)C(=O)OC. The molecule has 1 aromatic rings. The topological polar surface area (TPSA) is 72.5 Å². The normalized spacial score (nSPS) is 11.6. The minimum atomic E-state index is -0.811. The number of carbonyl (C=O) groups is 3. The third-order valence-corrected chi connectivity index (χ3v) is 3.38. The van der Waals surface area contributed by atoms with Crippen LogP contribution in [0, 0.1) is 13.8 Å². The molecule has 0 aliphatic rings. The predicted molar refractivity (Wildman–Crippen MR) is 83.7 cm³/mol. The number of hydrogen-bond donors (Lipinski definition) is 1. The maximum atomic E-state index is 12.3. The molecule has 1 rings (SSSR count). The summed E-state index contributed by atoms with van der Waals surface area (Å²) in [7, 11) is 1.26. The number of esters is 1. The zero-order valence-corrected chi connectivity index (χ0v) is 13.6. The van der Waals surface area contributed by atoms with Gasteiger partial charge in [-0.1, -0.05) is 24.1 Å². The Bertz CT molecular complexity index is 546. The molecule has 0 saturated heterocycles. The summed E-state index contributed by atoms with van der Waals surface area (Å²) >= 11 is 0. The Morgan fingerprint density at radius 3 is 2.23 bits per heavy atom. The Labute approximate surface area is 131 Å². The van der Waals surface area contributed by atoms with Crippen LogP contribution in [0.3, 0.4) is 0 Å². The third-order valence-electron chi connectivity index (χ3n) is 3.38. The molecule has 0 aliphatic heterocycles. The summed E-state index contributed by atoms with van der Waals surface area (Å²) in [5, 5.41) is 2.65. The van der Waals surface area contributed by atoms with Crippen molar-refractivity contribution in [3.05, 3.63) is 34.9 Å². The Hall–Kier alpha value is -2.17. The molecule has 0 fully saturated rings. The molecule has 0 unspecified atom stereocenters. The van der Waals surface area contributed by atoms with Gasteiger partial charge in [0.05, 0.1) is 7.11 Å². The fourth-order valence-electron chi connectivity index (χ4n) is 2.22. The average molecular weight is 305 g/mol. The zero-order chi connectivity index (χ0) is 16.7. The van der Waals surface area contributed by atoms with E-state index in [-0.39, 0.29) is 24.5 Å². The first-order chi connectivity index (χ1) is 10.4. The van der Waals surface area contributed by atoms with E-state index in [2.05, 4.69) is 5.32 Å². The van der Waals surface area contributed by atoms with E-state index in [4.69, 9.17) is 4.74 Å². The first-order valence-corrected chi connectivity index (χ1v) is 7.36. The zero-order valence-electron chi connectivity index (χ0n) is 13.6. The van der Waals surface area contributed by atoms with E-state index >= 15 is 0 Å². The number of hydrogen-bond acceptors (Lipinski definition) is 4. The molecule has 1 aromatic carbocycles. The minimum absolute atomic E-state index is 0.0505. The van der Waals surface area contributed by atoms with Crippen molar-refractivity contribution < 1.29 is 19.1 Å². The summed E-state index contributed by atoms with van der Waals surface area (Å²) in [5.74, 6) is -0.831. The average Bonchev–Trinajstić information content (AvgIpc) is 2.48. The van der Waals surface area contributed by atoms with E-state index in [0.29, 0.717) is 12.0 Å². The van der Waals surface area contributed by atoms with Gasteiger partial charge >= 0.3 is 5.97 Å². The van der Waals surface area contributed by atoms with E-state index in [0.717, 1.165) is 11.1 Å². The number of ether oxygens (including phenoxy) is 1. The lowest BCUT2D eigenvalue weighted by molar-refractivity contribution is -0.143. The lowest BCUT2D eigenvalue weighted by Crippen LogP contribution is -2.41. The van der Waals surface area contributed by atoms with Gasteiger partial charge in [-0.3, -0.25) is 9.59 Å². The molecule has 0 heterocycles. The largest absolute Gasteiger partial charge is 0.467 e. The highest BCUT2D eigenvalue weighted by Gasteiger charge is 2.22. The second kappa shape index (κ2) is 8.32. The van der Waals surface area contributed by atoms with Crippen molar-refractivity contribution in [1.29, 1.82) is 0 Å². The van der Waals surface area contributed by atoms with E-state index in [9.17, 15) is 14.4 Å². The molecule has 0 radical (unpaired) electrons. The van der Waals surface area contributed by atoms with Gasteiger partial charge in [0.1, 0.15) is 11.8 Å². The van der Waals surface area contributed by atoms with E-state index in [1.54, 1.807) is 19.1 Å². The second-order valence-corrected chi connectivity index (χ2v) is 5.36. The lowest BCUT2D eigenvalue weighted by atomic mass is 10.0. The second-order valence-electron chi connectivity index (χ2n) is 5.36. The summed E-state index contributed by atoms with van der Waals surface area (Å²) in [6.45, 7) is 5.58. The predicted octanol–water partition coefficient (Wildman–Crippen LogP) is 2.33. The Morgan fingerprint density at radius 1 is 1.14 bits per heavy atom. The molecule has 1 N–H and O–H groups in total. The van der Waals surface area contributed by atoms with Gasteiger partial charge in [0, 0.05) is 18.4 Å². The van der Waals surface area contributed by atoms with Gasteiger partial charge in [-0.2, -0.15) is 0 Å². The molecule has 1 amide bonds. The molecular formula is C17H23NO4. The number of carbonyl (C=O) groups excluding carboxylic acids is 3. The van der Waals surface area contributed by atoms with Crippen LogP contribution in [0.15, 0.2) is 18.2 Å². The number of aryl methyl sites for hydroxylation is 2. The third kappa shape index (κ3) is 5.31. The van der Waals surface area contributed by atoms with Crippen LogP contribution >= 0.6 is 0 Å². The van der Waals surface area contributed by atoms with Crippen molar-refractivity contribution >= 4 is 17.7 Å². The van der Waals surface area contributed by atoms with Crippen molar-refractivity contribution in [2.24, 2.45) is 0 Å². The number of nitrogens with one attached hydrogen (secondary N) is 1. The molecular weight excluding hydrogens is 282 g/mol. The summed E-state index contributed by atoms with van der Waals surface area (Å²) in [5.41, 5.74) is 2.44. The van der Waals surface area contributed by atoms with E-state index in [1.807, 2.05) is 19.9 Å². The van der Waals surface area contributed by atoms with Gasteiger partial charge in [-0.25, -0.2) is 4.79 Å². The molecule has 0 aliphatic carbocycles. The van der Waals surface area contributed by atoms with Crippen LogP contribution in [-0.2, 0) is 14.3 Å². The number of ketones is 1. The monoisotopic (exact) mass is 305 g/mol. The molecule has 120 valence electrons. The maximum absolute atomic E-state index is 12.3. The highest BCUT2D eigenvalue weighted by molar-refractivity contribution is 5.97. The van der Waals surface area contributed by atoms with Crippen LogP contribution in [0.2, 0.25) is 0 Å². The Kier molecular flexibility index (Phi) is 6.76. The fraction of sp³-hybridized carbons (Fsp3) is 0.471. The van der Waals surface area contributed by atoms with E-state index in [1.165, 1.54) is 7.11 Å². The van der Waals surface area contributed by atoms with Crippen LogP contribution in [0.5, 0.6) is 0 Å². The van der Waals surface area contributed by atoms with Crippen molar-refractivity contribution in [3.63, 3.8) is 0 Å². The van der Waals surface area contributed by atoms with Crippen molar-refractivity contribution in [3.8, 4) is 0 Å². The van der Waals surface area contributed by atoms with Gasteiger partial charge in [0.15, 0.2) is 0 Å². The number of rotatable bonds is 7. The van der Waals surface area contributed by atoms with Gasteiger partial charge in [-0.05, 0) is 32.4 Å². The Morgan fingerprint density at radius 2 is 1.73 bits per heavy atom. The molecule has 1 atom stereocenters. The van der Waals surface area contributed by atoms with E-state index < -0.39 is 12.0 Å². The van der Waals surface area contributed by atoms with Gasteiger partial charge < -0.3 is 10.1 Å². The van der Waals surface area contributed by atoms with Crippen LogP contribution in [0.1, 0.15) is 47.7 Å². The molecule has 0 aromatic heterocycles. The molecule has 0 saturated carbocycles. The van der Waals surface area contributed by atoms with Crippen LogP contribution in [0.4, 0.5) is 0 Å². The number of benzene rings is 1. The molecule has 22 heavy (non-hydrogen) atoms. The minimum Gasteiger partial charge on any atom is -0.467 e. The smallest absolute Gasteiger partial charge is 0.328 e. The summed E-state index contributed by atoms with van der Waals surface area (Å²) < 4.78 is 4.70. The van der Waals surface area contributed by atoms with Crippen molar-refractivity contribution in [2.75, 3.05) is 7.11 Å². The highest BCUT2D eigenvalue weighted by atomic mass is 16.5. The lowest BCUT2D eigenvalue weighted by Gasteiger charge is -2.16. The highest BCUT2D eigenvalue weighted by Crippen LogP contribution is 2.10. The molecule has 0 spiro atoms. The fourth-order valence-corrected chi connectivity index (χ4v) is 2.22. The Balaban J connectivity index is 2.81. The number of methoxy groups -OCH3 is 1. The molecule has 0 bridgehead atoms. The van der Waals surface area contributed by atoms with Gasteiger partial charge in [-0.15, -0.1) is 0 Å². The summed E-state index contributed by atoms with van der Waals surface area (Å²) in [4.78, 5) is 35.5. The van der Waals surface area contributed by atoms with Crippen LogP contribution in [0.25, 0.3) is 0 Å². The van der Waals surface area contributed by atoms with Gasteiger partial charge in [0.25, 0.3) is 5.91 Å². The maximum Gasteiger partial charge on any atom is 0.328 e. The first-order valence-electron chi connectivity index (χ1n) is 7.36. The van der Waals surface area contributed by atoms with Crippen LogP contribution in [-0.4, -0.2) is 30.8 Å². The van der Waals surface area contributed by atoms with Gasteiger partial charge in [0.2, 0.25) is 0 Å². The van der Waals surface area contributed by atoms with Crippen LogP contribution < -0.4 is 5.32 Å². The number of amides is 1. The summed E-state index contributed by atoms with van der Waals surface area (Å²) in [6, 6.07) is 4.67. The quantitative estimate of drug-likeness (QED) is 0.785. The summed E-state index contributed by atoms with van der Waals surface area (Å²) in [6.07, 6.45) is 0.901.